The highest BCUT2D eigenvalue weighted by Crippen LogP contribution is 2.27. The number of likely N-dealkylation sites (tertiary alicyclic amines) is 1. The molecule has 0 saturated carbocycles. The molecule has 6 nitrogen and oxygen atoms in total. The minimum Gasteiger partial charge on any atom is -0.550 e. The number of carboxylic acids is 1. The highest BCUT2D eigenvalue weighted by atomic mass is 32.2. The van der Waals surface area contributed by atoms with E-state index in [2.05, 4.69) is 7.05 Å². The monoisotopic (exact) mass is 332 g/mol. The van der Waals surface area contributed by atoms with E-state index in [-0.39, 0.29) is 16.7 Å². The van der Waals surface area contributed by atoms with Crippen LogP contribution >= 0.6 is 11.3 Å². The van der Waals surface area contributed by atoms with Crippen molar-refractivity contribution in [1.82, 2.24) is 4.31 Å². The van der Waals surface area contributed by atoms with Crippen LogP contribution < -0.4 is 10.0 Å². The molecule has 1 aromatic heterocycles. The minimum absolute atomic E-state index is 0.0189. The Balaban J connectivity index is 2.13. The highest BCUT2D eigenvalue weighted by Gasteiger charge is 2.32. The van der Waals surface area contributed by atoms with Gasteiger partial charge in [-0.2, -0.15) is 4.31 Å². The first-order valence-electron chi connectivity index (χ1n) is 6.88. The van der Waals surface area contributed by atoms with Crippen molar-refractivity contribution in [1.29, 1.82) is 0 Å². The molecule has 1 saturated heterocycles. The molecule has 21 heavy (non-hydrogen) atoms. The van der Waals surface area contributed by atoms with Crippen LogP contribution in [0.3, 0.4) is 0 Å². The molecule has 0 aromatic carbocycles. The second-order valence-electron chi connectivity index (χ2n) is 5.48. The maximum atomic E-state index is 12.6. The second-order valence-corrected chi connectivity index (χ2v) is 8.87. The Hall–Kier alpha value is -0.960. The van der Waals surface area contributed by atoms with E-state index in [0.29, 0.717) is 4.88 Å². The molecular formula is C13H20N2O4S2. The van der Waals surface area contributed by atoms with Crippen LogP contribution in [0.5, 0.6) is 0 Å². The molecule has 0 bridgehead atoms. The molecule has 0 atom stereocenters. The smallest absolute Gasteiger partial charge is 0.252 e. The third kappa shape index (κ3) is 3.82. The van der Waals surface area contributed by atoms with Gasteiger partial charge in [-0.3, -0.25) is 0 Å². The van der Waals surface area contributed by atoms with Gasteiger partial charge in [-0.15, -0.1) is 11.3 Å². The van der Waals surface area contributed by atoms with E-state index >= 15 is 0 Å². The normalized spacial score (nSPS) is 23.4. The SMILES string of the molecule is CN(C1CC[NH+](C)CC1)S(=O)(=O)c1ccc(CC(=O)[O-])s1. The van der Waals surface area contributed by atoms with Gasteiger partial charge in [0.1, 0.15) is 4.21 Å². The van der Waals surface area contributed by atoms with Crippen LogP contribution in [-0.4, -0.2) is 51.9 Å². The number of hydrogen-bond acceptors (Lipinski definition) is 5. The van der Waals surface area contributed by atoms with E-state index in [1.165, 1.54) is 15.3 Å². The molecule has 0 spiro atoms. The Kier molecular flexibility index (Phi) is 5.03. The maximum absolute atomic E-state index is 12.6. The number of aliphatic carboxylic acids is 1. The first-order chi connectivity index (χ1) is 9.80. The summed E-state index contributed by atoms with van der Waals surface area (Å²) in [7, 11) is 0.175. The van der Waals surface area contributed by atoms with Crippen LogP contribution in [0, 0.1) is 0 Å². The Morgan fingerprint density at radius 1 is 1.43 bits per heavy atom. The van der Waals surface area contributed by atoms with Crippen molar-refractivity contribution in [2.24, 2.45) is 0 Å². The zero-order chi connectivity index (χ0) is 15.6. The lowest BCUT2D eigenvalue weighted by Crippen LogP contribution is -3.10. The molecule has 118 valence electrons. The fraction of sp³-hybridized carbons (Fsp3) is 0.615. The summed E-state index contributed by atoms with van der Waals surface area (Å²) >= 11 is 1.01. The quantitative estimate of drug-likeness (QED) is 0.700. The number of thiophene rings is 1. The van der Waals surface area contributed by atoms with E-state index in [1.807, 2.05) is 0 Å². The van der Waals surface area contributed by atoms with Gasteiger partial charge in [-0.1, -0.05) is 0 Å². The van der Waals surface area contributed by atoms with Crippen LogP contribution in [0.25, 0.3) is 0 Å². The summed E-state index contributed by atoms with van der Waals surface area (Å²) in [4.78, 5) is 12.5. The van der Waals surface area contributed by atoms with Crippen LogP contribution in [0.1, 0.15) is 17.7 Å². The van der Waals surface area contributed by atoms with E-state index < -0.39 is 16.0 Å². The van der Waals surface area contributed by atoms with Crippen molar-refractivity contribution in [3.8, 4) is 0 Å². The lowest BCUT2D eigenvalue weighted by molar-refractivity contribution is -0.885. The number of quaternary nitrogens is 1. The largest absolute Gasteiger partial charge is 0.550 e. The van der Waals surface area contributed by atoms with Crippen molar-refractivity contribution >= 4 is 27.3 Å². The Labute approximate surface area is 129 Å². The van der Waals surface area contributed by atoms with Crippen molar-refractivity contribution < 1.29 is 23.2 Å². The molecule has 1 aromatic rings. The first kappa shape index (κ1) is 16.4. The maximum Gasteiger partial charge on any atom is 0.252 e. The predicted octanol–water partition coefficient (Wildman–Crippen LogP) is -1.66. The summed E-state index contributed by atoms with van der Waals surface area (Å²) in [5.41, 5.74) is 0. The lowest BCUT2D eigenvalue weighted by atomic mass is 10.1. The number of piperidine rings is 1. The van der Waals surface area contributed by atoms with Gasteiger partial charge in [-0.05, 0) is 12.1 Å². The van der Waals surface area contributed by atoms with Gasteiger partial charge in [0.2, 0.25) is 0 Å². The third-order valence-electron chi connectivity index (χ3n) is 3.91. The molecule has 2 heterocycles. The van der Waals surface area contributed by atoms with Gasteiger partial charge in [-0.25, -0.2) is 8.42 Å². The lowest BCUT2D eigenvalue weighted by Gasteiger charge is -2.32. The fourth-order valence-corrected chi connectivity index (χ4v) is 5.47. The molecule has 1 fully saturated rings. The Morgan fingerprint density at radius 3 is 2.62 bits per heavy atom. The molecule has 1 aliphatic heterocycles. The summed E-state index contributed by atoms with van der Waals surface area (Å²) in [6.45, 7) is 1.93. The number of carbonyl (C=O) groups is 1. The van der Waals surface area contributed by atoms with Crippen molar-refractivity contribution in [2.75, 3.05) is 27.2 Å². The molecule has 0 radical (unpaired) electrons. The van der Waals surface area contributed by atoms with E-state index in [1.54, 1.807) is 13.1 Å². The third-order valence-corrected chi connectivity index (χ3v) is 7.37. The van der Waals surface area contributed by atoms with Crippen LogP contribution in [0.4, 0.5) is 0 Å². The Morgan fingerprint density at radius 2 is 2.05 bits per heavy atom. The van der Waals surface area contributed by atoms with Gasteiger partial charge in [0.05, 0.1) is 20.1 Å². The van der Waals surface area contributed by atoms with Gasteiger partial charge >= 0.3 is 0 Å². The second kappa shape index (κ2) is 6.43. The first-order valence-corrected chi connectivity index (χ1v) is 9.14. The van der Waals surface area contributed by atoms with Gasteiger partial charge < -0.3 is 14.8 Å². The number of nitrogens with one attached hydrogen (secondary N) is 1. The number of sulfonamides is 1. The summed E-state index contributed by atoms with van der Waals surface area (Å²) in [6.07, 6.45) is 1.44. The average molecular weight is 332 g/mol. The van der Waals surface area contributed by atoms with Crippen LogP contribution in [0.2, 0.25) is 0 Å². The van der Waals surface area contributed by atoms with Crippen molar-refractivity contribution in [2.45, 2.75) is 29.5 Å². The van der Waals surface area contributed by atoms with E-state index in [0.717, 1.165) is 37.3 Å². The molecule has 0 amide bonds. The van der Waals surface area contributed by atoms with Crippen LogP contribution in [0.15, 0.2) is 16.3 Å². The Bertz CT molecular complexity index is 603. The zero-order valence-corrected chi connectivity index (χ0v) is 13.8. The minimum atomic E-state index is -3.54. The van der Waals surface area contributed by atoms with Gasteiger partial charge in [0, 0.05) is 43.2 Å². The van der Waals surface area contributed by atoms with Crippen molar-refractivity contribution in [3.05, 3.63) is 17.0 Å². The van der Waals surface area contributed by atoms with Gasteiger partial charge in [0.15, 0.2) is 0 Å². The molecule has 8 heteroatoms. The van der Waals surface area contributed by atoms with Gasteiger partial charge in [0.25, 0.3) is 10.0 Å². The molecular weight excluding hydrogens is 312 g/mol. The molecule has 1 N–H and O–H groups in total. The number of carboxylic acid groups (broad SMARTS) is 1. The summed E-state index contributed by atoms with van der Waals surface area (Å²) in [5.74, 6) is -1.20. The molecule has 0 aliphatic carbocycles. The van der Waals surface area contributed by atoms with Crippen molar-refractivity contribution in [3.63, 3.8) is 0 Å². The molecule has 2 rings (SSSR count). The number of rotatable bonds is 5. The zero-order valence-electron chi connectivity index (χ0n) is 12.2. The fourth-order valence-electron chi connectivity index (χ4n) is 2.53. The number of hydrogen-bond donors (Lipinski definition) is 1. The molecule has 0 unspecified atom stereocenters. The van der Waals surface area contributed by atoms with Crippen LogP contribution in [-0.2, 0) is 21.2 Å². The summed E-state index contributed by atoms with van der Waals surface area (Å²) in [5, 5.41) is 10.6. The summed E-state index contributed by atoms with van der Waals surface area (Å²) in [6, 6.07) is 3.04. The predicted molar refractivity (Wildman–Crippen MR) is 77.6 cm³/mol. The van der Waals surface area contributed by atoms with E-state index in [9.17, 15) is 18.3 Å². The number of carbonyl (C=O) groups excluding carboxylic acids is 1. The molecule has 1 aliphatic rings. The standard InChI is InChI=1S/C13H20N2O4S2/c1-14-7-5-10(6-8-14)15(2)21(18,19)13-4-3-11(20-13)9-12(16)17/h3-4,10H,5-9H2,1-2H3,(H,16,17). The average Bonchev–Trinajstić information content (AvgIpc) is 2.87. The summed E-state index contributed by atoms with van der Waals surface area (Å²) < 4.78 is 26.8. The highest BCUT2D eigenvalue weighted by molar-refractivity contribution is 7.91. The number of nitrogens with zero attached hydrogens (tertiary/aromatic N) is 1. The van der Waals surface area contributed by atoms with E-state index in [4.69, 9.17) is 0 Å². The topological polar surface area (TPSA) is 82.0 Å².